The van der Waals surface area contributed by atoms with Crippen LogP contribution >= 0.6 is 11.3 Å². The Kier molecular flexibility index (Phi) is 4.94. The van der Waals surface area contributed by atoms with Crippen LogP contribution in [0.4, 0.5) is 18.9 Å². The van der Waals surface area contributed by atoms with Gasteiger partial charge in [0.1, 0.15) is 4.88 Å². The van der Waals surface area contributed by atoms with Gasteiger partial charge in [0.15, 0.2) is 6.61 Å². The van der Waals surface area contributed by atoms with Gasteiger partial charge in [-0.25, -0.2) is 4.79 Å². The lowest BCUT2D eigenvalue weighted by Crippen LogP contribution is -2.20. The second-order valence-electron chi connectivity index (χ2n) is 5.35. The molecule has 0 fully saturated rings. The van der Waals surface area contributed by atoms with Gasteiger partial charge in [0.25, 0.3) is 5.91 Å². The van der Waals surface area contributed by atoms with Crippen LogP contribution in [0.1, 0.15) is 15.2 Å². The molecule has 3 aromatic rings. The second-order valence-corrected chi connectivity index (χ2v) is 6.43. The first-order valence-corrected chi connectivity index (χ1v) is 8.27. The smallest absolute Gasteiger partial charge is 0.416 e. The van der Waals surface area contributed by atoms with Crippen molar-refractivity contribution in [3.05, 3.63) is 65.0 Å². The summed E-state index contributed by atoms with van der Waals surface area (Å²) in [4.78, 5) is 24.2. The first-order valence-electron chi connectivity index (χ1n) is 7.46. The monoisotopic (exact) mass is 379 g/mol. The third-order valence-electron chi connectivity index (χ3n) is 3.46. The molecule has 2 aromatic carbocycles. The predicted octanol–water partition coefficient (Wildman–Crippen LogP) is 4.72. The van der Waals surface area contributed by atoms with E-state index in [9.17, 15) is 22.8 Å². The van der Waals surface area contributed by atoms with Crippen LogP contribution in [0, 0.1) is 0 Å². The molecule has 0 aliphatic carbocycles. The van der Waals surface area contributed by atoms with Crippen LogP contribution in [0.2, 0.25) is 0 Å². The van der Waals surface area contributed by atoms with E-state index in [1.807, 2.05) is 24.3 Å². The Bertz CT molecular complexity index is 915. The number of fused-ring (bicyclic) bond motifs is 1. The first-order chi connectivity index (χ1) is 12.3. The molecule has 8 heteroatoms. The number of halogens is 3. The van der Waals surface area contributed by atoms with Crippen molar-refractivity contribution in [1.29, 1.82) is 0 Å². The predicted molar refractivity (Wildman–Crippen MR) is 92.2 cm³/mol. The minimum Gasteiger partial charge on any atom is -0.451 e. The van der Waals surface area contributed by atoms with Gasteiger partial charge in [-0.05, 0) is 41.8 Å². The van der Waals surface area contributed by atoms with Crippen LogP contribution in [0.15, 0.2) is 54.6 Å². The zero-order valence-corrected chi connectivity index (χ0v) is 14.0. The van der Waals surface area contributed by atoms with E-state index in [0.29, 0.717) is 4.88 Å². The van der Waals surface area contributed by atoms with E-state index in [0.717, 1.165) is 34.4 Å². The van der Waals surface area contributed by atoms with Gasteiger partial charge in [0, 0.05) is 10.4 Å². The van der Waals surface area contributed by atoms with E-state index >= 15 is 0 Å². The van der Waals surface area contributed by atoms with Crippen LogP contribution in [-0.4, -0.2) is 18.5 Å². The van der Waals surface area contributed by atoms with E-state index < -0.39 is 30.2 Å². The van der Waals surface area contributed by atoms with E-state index in [-0.39, 0.29) is 5.69 Å². The molecule has 0 radical (unpaired) electrons. The molecule has 0 atom stereocenters. The van der Waals surface area contributed by atoms with Crippen LogP contribution < -0.4 is 5.32 Å². The van der Waals surface area contributed by atoms with Gasteiger partial charge in [0.2, 0.25) is 0 Å². The molecule has 1 aromatic heterocycles. The zero-order valence-electron chi connectivity index (χ0n) is 13.2. The molecule has 0 bridgehead atoms. The van der Waals surface area contributed by atoms with Crippen LogP contribution in [0.3, 0.4) is 0 Å². The summed E-state index contributed by atoms with van der Waals surface area (Å²) in [6.45, 7) is -0.534. The van der Waals surface area contributed by atoms with Crippen molar-refractivity contribution < 1.29 is 27.5 Å². The fourth-order valence-corrected chi connectivity index (χ4v) is 3.18. The summed E-state index contributed by atoms with van der Waals surface area (Å²) in [5.74, 6) is -1.27. The van der Waals surface area contributed by atoms with Crippen molar-refractivity contribution in [3.8, 4) is 0 Å². The molecule has 1 N–H and O–H groups in total. The molecule has 0 aliphatic rings. The fraction of sp³-hybridized carbons (Fsp3) is 0.111. The molecule has 0 saturated carbocycles. The van der Waals surface area contributed by atoms with Gasteiger partial charge < -0.3 is 10.1 Å². The van der Waals surface area contributed by atoms with Crippen LogP contribution in [0.25, 0.3) is 10.1 Å². The SMILES string of the molecule is O=C(COC(=O)c1cc2ccccc2s1)Nc1ccc(C(F)(F)F)cc1. The third kappa shape index (κ3) is 4.20. The van der Waals surface area contributed by atoms with E-state index in [1.54, 1.807) is 6.07 Å². The van der Waals surface area contributed by atoms with Gasteiger partial charge in [-0.3, -0.25) is 4.79 Å². The number of carbonyl (C=O) groups is 2. The molecule has 134 valence electrons. The Morgan fingerprint density at radius 1 is 1.04 bits per heavy atom. The molecular weight excluding hydrogens is 367 g/mol. The Morgan fingerprint density at radius 2 is 1.73 bits per heavy atom. The summed E-state index contributed by atoms with van der Waals surface area (Å²) >= 11 is 1.25. The van der Waals surface area contributed by atoms with Crippen molar-refractivity contribution in [2.75, 3.05) is 11.9 Å². The quantitative estimate of drug-likeness (QED) is 0.668. The van der Waals surface area contributed by atoms with Gasteiger partial charge in [-0.1, -0.05) is 18.2 Å². The topological polar surface area (TPSA) is 55.4 Å². The number of anilines is 1. The highest BCUT2D eigenvalue weighted by atomic mass is 32.1. The molecule has 26 heavy (non-hydrogen) atoms. The summed E-state index contributed by atoms with van der Waals surface area (Å²) in [7, 11) is 0. The normalized spacial score (nSPS) is 11.3. The van der Waals surface area contributed by atoms with Crippen molar-refractivity contribution in [2.24, 2.45) is 0 Å². The average molecular weight is 379 g/mol. The highest BCUT2D eigenvalue weighted by Gasteiger charge is 2.30. The molecule has 1 heterocycles. The zero-order chi connectivity index (χ0) is 18.7. The Hall–Kier alpha value is -2.87. The minimum absolute atomic E-state index is 0.181. The maximum absolute atomic E-state index is 12.5. The molecule has 0 unspecified atom stereocenters. The maximum atomic E-state index is 12.5. The Morgan fingerprint density at radius 3 is 2.38 bits per heavy atom. The van der Waals surface area contributed by atoms with Crippen molar-refractivity contribution in [1.82, 2.24) is 0 Å². The van der Waals surface area contributed by atoms with Crippen molar-refractivity contribution in [2.45, 2.75) is 6.18 Å². The highest BCUT2D eigenvalue weighted by molar-refractivity contribution is 7.20. The van der Waals surface area contributed by atoms with Gasteiger partial charge in [0.05, 0.1) is 5.56 Å². The largest absolute Gasteiger partial charge is 0.451 e. The number of hydrogen-bond donors (Lipinski definition) is 1. The van der Waals surface area contributed by atoms with Gasteiger partial charge >= 0.3 is 12.1 Å². The molecular formula is C18H12F3NO3S. The molecule has 4 nitrogen and oxygen atoms in total. The minimum atomic E-state index is -4.44. The molecule has 0 spiro atoms. The van der Waals surface area contributed by atoms with Gasteiger partial charge in [-0.15, -0.1) is 11.3 Å². The number of alkyl halides is 3. The number of thiophene rings is 1. The summed E-state index contributed by atoms with van der Waals surface area (Å²) < 4.78 is 43.3. The number of benzene rings is 2. The lowest BCUT2D eigenvalue weighted by Gasteiger charge is -2.09. The van der Waals surface area contributed by atoms with Gasteiger partial charge in [-0.2, -0.15) is 13.2 Å². The lowest BCUT2D eigenvalue weighted by molar-refractivity contribution is -0.137. The fourth-order valence-electron chi connectivity index (χ4n) is 2.22. The summed E-state index contributed by atoms with van der Waals surface area (Å²) in [6.07, 6.45) is -4.44. The molecule has 3 rings (SSSR count). The van der Waals surface area contributed by atoms with Crippen molar-refractivity contribution >= 4 is 39.0 Å². The second kappa shape index (κ2) is 7.17. The summed E-state index contributed by atoms with van der Waals surface area (Å²) in [6, 6.07) is 13.1. The lowest BCUT2D eigenvalue weighted by atomic mass is 10.2. The maximum Gasteiger partial charge on any atom is 0.416 e. The van der Waals surface area contributed by atoms with E-state index in [1.165, 1.54) is 11.3 Å². The molecule has 1 amide bonds. The third-order valence-corrected chi connectivity index (χ3v) is 4.55. The summed E-state index contributed by atoms with van der Waals surface area (Å²) in [5.41, 5.74) is -0.632. The Labute approximate surface area is 150 Å². The number of amides is 1. The number of ether oxygens (including phenoxy) is 1. The number of hydrogen-bond acceptors (Lipinski definition) is 4. The average Bonchev–Trinajstić information content (AvgIpc) is 3.03. The van der Waals surface area contributed by atoms with Crippen LogP contribution in [-0.2, 0) is 15.7 Å². The van der Waals surface area contributed by atoms with E-state index in [2.05, 4.69) is 5.32 Å². The first kappa shape index (κ1) is 17.9. The van der Waals surface area contributed by atoms with E-state index in [4.69, 9.17) is 4.74 Å². The molecule has 0 aliphatic heterocycles. The number of rotatable bonds is 4. The standard InChI is InChI=1S/C18H12F3NO3S/c19-18(20,21)12-5-7-13(8-6-12)22-16(23)10-25-17(24)15-9-11-3-1-2-4-14(11)26-15/h1-9H,10H2,(H,22,23). The molecule has 0 saturated heterocycles. The number of carbonyl (C=O) groups excluding carboxylic acids is 2. The number of nitrogens with one attached hydrogen (secondary N) is 1. The van der Waals surface area contributed by atoms with Crippen molar-refractivity contribution in [3.63, 3.8) is 0 Å². The summed E-state index contributed by atoms with van der Waals surface area (Å²) in [5, 5.41) is 3.28. The van der Waals surface area contributed by atoms with Crippen LogP contribution in [0.5, 0.6) is 0 Å². The Balaban J connectivity index is 1.55. The number of esters is 1. The highest BCUT2D eigenvalue weighted by Crippen LogP contribution is 2.30.